The van der Waals surface area contributed by atoms with Gasteiger partial charge < -0.3 is 15.8 Å². The lowest BCUT2D eigenvalue weighted by Crippen LogP contribution is -2.43. The largest absolute Gasteiger partial charge is 0.460 e. The Balaban J connectivity index is 3.80. The van der Waals surface area contributed by atoms with Crippen molar-refractivity contribution in [3.8, 4) is 0 Å². The molecule has 0 aromatic carbocycles. The van der Waals surface area contributed by atoms with E-state index in [1.165, 1.54) is 0 Å². The quantitative estimate of drug-likeness (QED) is 0.183. The normalized spacial score (nSPS) is 15.3. The molecule has 0 aliphatic carbocycles. The van der Waals surface area contributed by atoms with Gasteiger partial charge in [-0.25, -0.2) is 4.79 Å². The lowest BCUT2D eigenvalue weighted by atomic mass is 10.2. The van der Waals surface area contributed by atoms with E-state index in [1.54, 1.807) is 20.8 Å². The highest BCUT2D eigenvalue weighted by Gasteiger charge is 2.20. The third-order valence-electron chi connectivity index (χ3n) is 4.91. The van der Waals surface area contributed by atoms with E-state index in [4.69, 9.17) is 10.5 Å². The van der Waals surface area contributed by atoms with Crippen molar-refractivity contribution >= 4 is 11.9 Å². The number of hydrogen-bond acceptors (Lipinski definition) is 4. The standard InChI is InChI=1S/C29H46N2O3/c1-5-6-7-8-9-10-11-12-13-14-15-16-17-18-19-20-21-22-23-24-28(32)31-26(3)29(33)34-27(4)25(2)30/h6-7,9-10,12-13,15-16,18-19,21-22,25-27H,5,8,11,14,17,20,23-24,30H2,1-4H3,(H,31,32)/b7-6-,10-9-,13-12-,16-15-,19-18-,22-21-/t25-,26+,27-/m1/s1. The average Bonchev–Trinajstić information content (AvgIpc) is 2.80. The van der Waals surface area contributed by atoms with Crippen LogP contribution >= 0.6 is 0 Å². The number of hydrogen-bond donors (Lipinski definition) is 2. The number of rotatable bonds is 18. The third kappa shape index (κ3) is 20.0. The van der Waals surface area contributed by atoms with E-state index in [0.717, 1.165) is 38.5 Å². The lowest BCUT2D eigenvalue weighted by molar-refractivity contribution is -0.152. The Bertz CT molecular complexity index is 715. The van der Waals surface area contributed by atoms with E-state index < -0.39 is 12.0 Å². The van der Waals surface area contributed by atoms with Crippen LogP contribution < -0.4 is 11.1 Å². The summed E-state index contributed by atoms with van der Waals surface area (Å²) < 4.78 is 5.21. The molecule has 0 aliphatic rings. The molecule has 0 heterocycles. The highest BCUT2D eigenvalue weighted by molar-refractivity contribution is 5.84. The van der Waals surface area contributed by atoms with Crippen LogP contribution in [0.1, 0.15) is 79.1 Å². The summed E-state index contributed by atoms with van der Waals surface area (Å²) in [5.41, 5.74) is 5.68. The maximum absolute atomic E-state index is 12.0. The first-order chi connectivity index (χ1) is 16.4. The molecule has 0 rings (SSSR count). The number of nitrogens with one attached hydrogen (secondary N) is 1. The van der Waals surface area contributed by atoms with Crippen molar-refractivity contribution in [3.63, 3.8) is 0 Å². The number of nitrogens with two attached hydrogens (primary N) is 1. The number of ether oxygens (including phenoxy) is 1. The van der Waals surface area contributed by atoms with Crippen LogP contribution in [-0.4, -0.2) is 30.1 Å². The minimum Gasteiger partial charge on any atom is -0.460 e. The fourth-order valence-electron chi connectivity index (χ4n) is 2.62. The van der Waals surface area contributed by atoms with E-state index >= 15 is 0 Å². The number of esters is 1. The molecule has 0 aromatic heterocycles. The van der Waals surface area contributed by atoms with Crippen molar-refractivity contribution in [3.05, 3.63) is 72.9 Å². The Morgan fingerprint density at radius 1 is 0.735 bits per heavy atom. The Kier molecular flexibility index (Phi) is 20.4. The molecule has 0 aromatic rings. The van der Waals surface area contributed by atoms with Gasteiger partial charge in [0.1, 0.15) is 12.1 Å². The lowest BCUT2D eigenvalue weighted by Gasteiger charge is -2.19. The van der Waals surface area contributed by atoms with E-state index in [2.05, 4.69) is 73.0 Å². The van der Waals surface area contributed by atoms with Crippen LogP contribution in [0, 0.1) is 0 Å². The highest BCUT2D eigenvalue weighted by atomic mass is 16.5. The van der Waals surface area contributed by atoms with Gasteiger partial charge in [0, 0.05) is 12.5 Å². The molecule has 0 saturated carbocycles. The predicted molar refractivity (Wildman–Crippen MR) is 144 cm³/mol. The van der Waals surface area contributed by atoms with Gasteiger partial charge in [-0.15, -0.1) is 0 Å². The van der Waals surface area contributed by atoms with Crippen molar-refractivity contribution in [2.24, 2.45) is 5.73 Å². The molecule has 0 aliphatic heterocycles. The second-order valence-corrected chi connectivity index (χ2v) is 8.24. The summed E-state index contributed by atoms with van der Waals surface area (Å²) >= 11 is 0. The van der Waals surface area contributed by atoms with Crippen LogP contribution in [0.15, 0.2) is 72.9 Å². The smallest absolute Gasteiger partial charge is 0.328 e. The van der Waals surface area contributed by atoms with Gasteiger partial charge in [0.2, 0.25) is 5.91 Å². The number of carbonyl (C=O) groups is 2. The predicted octanol–water partition coefficient (Wildman–Crippen LogP) is 6.25. The summed E-state index contributed by atoms with van der Waals surface area (Å²) in [6.45, 7) is 7.27. The molecular weight excluding hydrogens is 424 g/mol. The zero-order valence-electron chi connectivity index (χ0n) is 21.6. The summed E-state index contributed by atoms with van der Waals surface area (Å²) in [5.74, 6) is -0.635. The van der Waals surface area contributed by atoms with Gasteiger partial charge >= 0.3 is 5.97 Å². The van der Waals surface area contributed by atoms with E-state index in [9.17, 15) is 9.59 Å². The zero-order valence-corrected chi connectivity index (χ0v) is 21.6. The highest BCUT2D eigenvalue weighted by Crippen LogP contribution is 2.01. The fraction of sp³-hybridized carbons (Fsp3) is 0.517. The van der Waals surface area contributed by atoms with Crippen LogP contribution in [-0.2, 0) is 14.3 Å². The van der Waals surface area contributed by atoms with Crippen molar-refractivity contribution in [1.82, 2.24) is 5.32 Å². The first-order valence-electron chi connectivity index (χ1n) is 12.5. The average molecular weight is 471 g/mol. The molecule has 3 N–H and O–H groups in total. The summed E-state index contributed by atoms with van der Waals surface area (Å²) in [6, 6.07) is -0.932. The Morgan fingerprint density at radius 3 is 1.56 bits per heavy atom. The molecule has 0 spiro atoms. The summed E-state index contributed by atoms with van der Waals surface area (Å²) in [4.78, 5) is 23.9. The Labute approximate surface area is 207 Å². The van der Waals surface area contributed by atoms with E-state index in [-0.39, 0.29) is 18.1 Å². The molecule has 1 amide bonds. The second-order valence-electron chi connectivity index (χ2n) is 8.24. The SMILES string of the molecule is CC/C=C\C/C=C\C/C=C\C/C=C\C/C=C\C/C=C\CCC(=O)N[C@@H](C)C(=O)O[C@H](C)[C@@H](C)N. The Morgan fingerprint density at radius 2 is 1.15 bits per heavy atom. The molecule has 0 fully saturated rings. The molecular formula is C29H46N2O3. The molecule has 3 atom stereocenters. The van der Waals surface area contributed by atoms with E-state index in [1.807, 2.05) is 12.2 Å². The summed E-state index contributed by atoms with van der Waals surface area (Å²) in [5, 5.41) is 2.66. The molecule has 5 heteroatoms. The first kappa shape index (κ1) is 31.3. The topological polar surface area (TPSA) is 81.4 Å². The molecule has 190 valence electrons. The van der Waals surface area contributed by atoms with Gasteiger partial charge in [-0.1, -0.05) is 79.8 Å². The minimum absolute atomic E-state index is 0.169. The maximum atomic E-state index is 12.0. The maximum Gasteiger partial charge on any atom is 0.328 e. The van der Waals surface area contributed by atoms with Crippen LogP contribution in [0.4, 0.5) is 0 Å². The minimum atomic E-state index is -0.682. The van der Waals surface area contributed by atoms with Crippen molar-refractivity contribution < 1.29 is 14.3 Å². The number of allylic oxidation sites excluding steroid dienone is 12. The van der Waals surface area contributed by atoms with E-state index in [0.29, 0.717) is 12.8 Å². The third-order valence-corrected chi connectivity index (χ3v) is 4.91. The molecule has 34 heavy (non-hydrogen) atoms. The van der Waals surface area contributed by atoms with Gasteiger partial charge in [0.15, 0.2) is 0 Å². The molecule has 5 nitrogen and oxygen atoms in total. The van der Waals surface area contributed by atoms with Gasteiger partial charge in [-0.2, -0.15) is 0 Å². The van der Waals surface area contributed by atoms with Crippen molar-refractivity contribution in [2.75, 3.05) is 0 Å². The summed E-state index contributed by atoms with van der Waals surface area (Å²) in [7, 11) is 0. The number of carbonyl (C=O) groups excluding carboxylic acids is 2. The van der Waals surface area contributed by atoms with Gasteiger partial charge in [0.05, 0.1) is 0 Å². The monoisotopic (exact) mass is 470 g/mol. The zero-order chi connectivity index (χ0) is 25.4. The van der Waals surface area contributed by atoms with Gasteiger partial charge in [0.25, 0.3) is 0 Å². The molecule has 0 saturated heterocycles. The second kappa shape index (κ2) is 22.1. The van der Waals surface area contributed by atoms with Crippen LogP contribution in [0.3, 0.4) is 0 Å². The Hall–Kier alpha value is -2.66. The fourth-order valence-corrected chi connectivity index (χ4v) is 2.62. The summed E-state index contributed by atoms with van der Waals surface area (Å²) in [6.07, 6.45) is 32.2. The molecule has 0 bridgehead atoms. The molecule has 0 unspecified atom stereocenters. The van der Waals surface area contributed by atoms with Crippen molar-refractivity contribution in [1.29, 1.82) is 0 Å². The number of amides is 1. The van der Waals surface area contributed by atoms with Crippen LogP contribution in [0.5, 0.6) is 0 Å². The van der Waals surface area contributed by atoms with Crippen LogP contribution in [0.25, 0.3) is 0 Å². The first-order valence-corrected chi connectivity index (χ1v) is 12.5. The van der Waals surface area contributed by atoms with Gasteiger partial charge in [-0.3, -0.25) is 4.79 Å². The van der Waals surface area contributed by atoms with Gasteiger partial charge in [-0.05, 0) is 65.7 Å². The van der Waals surface area contributed by atoms with Crippen molar-refractivity contribution in [2.45, 2.75) is 97.2 Å². The molecule has 0 radical (unpaired) electrons. The van der Waals surface area contributed by atoms with Crippen LogP contribution in [0.2, 0.25) is 0 Å².